The molecule has 0 saturated heterocycles. The highest BCUT2D eigenvalue weighted by Crippen LogP contribution is 2.35. The molecule has 1 rings (SSSR count). The minimum atomic E-state index is -0.586. The van der Waals surface area contributed by atoms with Gasteiger partial charge in [0.15, 0.2) is 5.75 Å². The number of nitrogens with one attached hydrogen (secondary N) is 1. The molecule has 0 radical (unpaired) electrons. The fraction of sp³-hybridized carbons (Fsp3) is 0.364. The number of halogens is 2. The van der Waals surface area contributed by atoms with Gasteiger partial charge in [-0.05, 0) is 34.5 Å². The van der Waals surface area contributed by atoms with Crippen molar-refractivity contribution in [1.82, 2.24) is 0 Å². The summed E-state index contributed by atoms with van der Waals surface area (Å²) < 4.78 is 0.421. The molecule has 0 heterocycles. The number of aromatic hydroxyl groups is 1. The maximum Gasteiger partial charge on any atom is 0.241 e. The van der Waals surface area contributed by atoms with Crippen molar-refractivity contribution < 1.29 is 9.90 Å². The first kappa shape index (κ1) is 14.3. The van der Waals surface area contributed by atoms with Gasteiger partial charge in [-0.1, -0.05) is 24.9 Å². The lowest BCUT2D eigenvalue weighted by molar-refractivity contribution is -0.117. The molecule has 1 atom stereocenters. The van der Waals surface area contributed by atoms with Gasteiger partial charge in [0.25, 0.3) is 0 Å². The molecule has 1 aromatic rings. The zero-order valence-corrected chi connectivity index (χ0v) is 11.7. The number of carbonyl (C=O) groups excluding carboxylic acids is 1. The van der Waals surface area contributed by atoms with E-state index in [1.54, 1.807) is 6.07 Å². The van der Waals surface area contributed by atoms with Gasteiger partial charge in [0, 0.05) is 5.02 Å². The second-order valence-corrected chi connectivity index (χ2v) is 4.96. The van der Waals surface area contributed by atoms with Gasteiger partial charge in [0.2, 0.25) is 5.91 Å². The Morgan fingerprint density at radius 2 is 2.29 bits per heavy atom. The Bertz CT molecular complexity index is 426. The van der Waals surface area contributed by atoms with Crippen molar-refractivity contribution in [3.63, 3.8) is 0 Å². The second kappa shape index (κ2) is 6.23. The summed E-state index contributed by atoms with van der Waals surface area (Å²) in [4.78, 5) is 11.7. The molecule has 4 nitrogen and oxygen atoms in total. The Hall–Kier alpha value is -0.780. The maximum absolute atomic E-state index is 11.7. The molecule has 0 aromatic heterocycles. The molecular formula is C11H14BrClN2O2. The van der Waals surface area contributed by atoms with E-state index < -0.39 is 6.04 Å². The topological polar surface area (TPSA) is 75.4 Å². The highest BCUT2D eigenvalue weighted by atomic mass is 79.9. The van der Waals surface area contributed by atoms with Crippen LogP contribution in [0.3, 0.4) is 0 Å². The smallest absolute Gasteiger partial charge is 0.241 e. The minimum absolute atomic E-state index is 0.0635. The van der Waals surface area contributed by atoms with Crippen LogP contribution in [0.2, 0.25) is 5.02 Å². The molecule has 17 heavy (non-hydrogen) atoms. The molecule has 0 aliphatic carbocycles. The largest absolute Gasteiger partial charge is 0.505 e. The monoisotopic (exact) mass is 320 g/mol. The lowest BCUT2D eigenvalue weighted by Gasteiger charge is -2.13. The van der Waals surface area contributed by atoms with Crippen molar-refractivity contribution in [1.29, 1.82) is 0 Å². The molecule has 1 unspecified atom stereocenters. The number of hydrogen-bond acceptors (Lipinski definition) is 3. The number of rotatable bonds is 4. The zero-order chi connectivity index (χ0) is 13.0. The first-order chi connectivity index (χ1) is 7.95. The Morgan fingerprint density at radius 3 is 2.88 bits per heavy atom. The lowest BCUT2D eigenvalue weighted by atomic mass is 10.1. The average molecular weight is 322 g/mol. The third kappa shape index (κ3) is 3.87. The van der Waals surface area contributed by atoms with Crippen molar-refractivity contribution in [3.8, 4) is 5.75 Å². The van der Waals surface area contributed by atoms with Crippen molar-refractivity contribution in [2.45, 2.75) is 25.8 Å². The predicted octanol–water partition coefficient (Wildman–Crippen LogP) is 2.87. The number of hydrogen-bond donors (Lipinski definition) is 3. The zero-order valence-electron chi connectivity index (χ0n) is 9.34. The van der Waals surface area contributed by atoms with E-state index in [0.29, 0.717) is 15.9 Å². The van der Waals surface area contributed by atoms with Crippen LogP contribution in [0.5, 0.6) is 5.75 Å². The van der Waals surface area contributed by atoms with Gasteiger partial charge < -0.3 is 16.2 Å². The van der Waals surface area contributed by atoms with E-state index in [-0.39, 0.29) is 17.3 Å². The summed E-state index contributed by atoms with van der Waals surface area (Å²) in [5.74, 6) is -0.400. The summed E-state index contributed by atoms with van der Waals surface area (Å²) in [5.41, 5.74) is 5.91. The standard InChI is InChI=1S/C11H14BrClN2O2/c1-2-3-8(14)11(17)15-9-5-6(13)4-7(12)10(9)16/h4-5,8,16H,2-3,14H2,1H3,(H,15,17). The summed E-state index contributed by atoms with van der Waals surface area (Å²) in [5, 5.41) is 12.7. The van der Waals surface area contributed by atoms with Crippen LogP contribution in [0.15, 0.2) is 16.6 Å². The van der Waals surface area contributed by atoms with Crippen LogP contribution in [0, 0.1) is 0 Å². The third-order valence-corrected chi connectivity index (χ3v) is 3.05. The van der Waals surface area contributed by atoms with Gasteiger partial charge in [-0.25, -0.2) is 0 Å². The normalized spacial score (nSPS) is 12.2. The van der Waals surface area contributed by atoms with Crippen LogP contribution in [0.25, 0.3) is 0 Å². The number of amides is 1. The molecule has 1 amide bonds. The highest BCUT2D eigenvalue weighted by molar-refractivity contribution is 9.10. The van der Waals surface area contributed by atoms with Crippen LogP contribution < -0.4 is 11.1 Å². The fourth-order valence-corrected chi connectivity index (χ4v) is 2.14. The Morgan fingerprint density at radius 1 is 1.65 bits per heavy atom. The Balaban J connectivity index is 2.85. The molecule has 0 fully saturated rings. The van der Waals surface area contributed by atoms with E-state index in [0.717, 1.165) is 6.42 Å². The van der Waals surface area contributed by atoms with Gasteiger partial charge in [-0.2, -0.15) is 0 Å². The number of phenols is 1. The summed E-state index contributed by atoms with van der Waals surface area (Å²) in [6.07, 6.45) is 1.41. The average Bonchev–Trinajstić information content (AvgIpc) is 2.25. The lowest BCUT2D eigenvalue weighted by Crippen LogP contribution is -2.35. The van der Waals surface area contributed by atoms with Gasteiger partial charge >= 0.3 is 0 Å². The predicted molar refractivity (Wildman–Crippen MR) is 72.3 cm³/mol. The third-order valence-electron chi connectivity index (χ3n) is 2.22. The summed E-state index contributed by atoms with van der Waals surface area (Å²) in [7, 11) is 0. The molecule has 4 N–H and O–H groups in total. The number of phenolic OH excluding ortho intramolecular Hbond substituents is 1. The number of anilines is 1. The summed E-state index contributed by atoms with van der Waals surface area (Å²) >= 11 is 8.96. The Kier molecular flexibility index (Phi) is 5.24. The summed E-state index contributed by atoms with van der Waals surface area (Å²) in [6, 6.07) is 2.42. The van der Waals surface area contributed by atoms with Crippen molar-refractivity contribution in [2.24, 2.45) is 5.73 Å². The van der Waals surface area contributed by atoms with E-state index in [1.165, 1.54) is 6.07 Å². The van der Waals surface area contributed by atoms with E-state index in [4.69, 9.17) is 17.3 Å². The van der Waals surface area contributed by atoms with E-state index in [1.807, 2.05) is 6.92 Å². The molecule has 0 spiro atoms. The van der Waals surface area contributed by atoms with Crippen LogP contribution in [0.1, 0.15) is 19.8 Å². The van der Waals surface area contributed by atoms with E-state index in [2.05, 4.69) is 21.2 Å². The minimum Gasteiger partial charge on any atom is -0.505 e. The number of benzene rings is 1. The van der Waals surface area contributed by atoms with E-state index in [9.17, 15) is 9.90 Å². The van der Waals surface area contributed by atoms with Crippen LogP contribution in [-0.2, 0) is 4.79 Å². The number of nitrogens with two attached hydrogens (primary N) is 1. The molecule has 0 bridgehead atoms. The molecule has 1 aromatic carbocycles. The second-order valence-electron chi connectivity index (χ2n) is 3.67. The SMILES string of the molecule is CCCC(N)C(=O)Nc1cc(Cl)cc(Br)c1O. The van der Waals surface area contributed by atoms with Gasteiger partial charge in [-0.15, -0.1) is 0 Å². The molecule has 0 aliphatic heterocycles. The quantitative estimate of drug-likeness (QED) is 0.746. The highest BCUT2D eigenvalue weighted by Gasteiger charge is 2.15. The molecule has 6 heteroatoms. The Labute approximate surface area is 113 Å². The van der Waals surface area contributed by atoms with Crippen LogP contribution in [0.4, 0.5) is 5.69 Å². The maximum atomic E-state index is 11.7. The van der Waals surface area contributed by atoms with Crippen molar-refractivity contribution in [3.05, 3.63) is 21.6 Å². The van der Waals surface area contributed by atoms with Crippen molar-refractivity contribution in [2.75, 3.05) is 5.32 Å². The molecular weight excluding hydrogens is 307 g/mol. The van der Waals surface area contributed by atoms with Crippen molar-refractivity contribution >= 4 is 39.1 Å². The van der Waals surface area contributed by atoms with Gasteiger partial charge in [-0.3, -0.25) is 4.79 Å². The van der Waals surface area contributed by atoms with Gasteiger partial charge in [0.05, 0.1) is 16.2 Å². The molecule has 0 saturated carbocycles. The number of carbonyl (C=O) groups is 1. The van der Waals surface area contributed by atoms with Crippen LogP contribution in [-0.4, -0.2) is 17.1 Å². The first-order valence-corrected chi connectivity index (χ1v) is 6.37. The first-order valence-electron chi connectivity index (χ1n) is 5.20. The molecule has 94 valence electrons. The van der Waals surface area contributed by atoms with Gasteiger partial charge in [0.1, 0.15) is 0 Å². The molecule has 0 aliphatic rings. The summed E-state index contributed by atoms with van der Waals surface area (Å²) in [6.45, 7) is 1.95. The van der Waals surface area contributed by atoms with Crippen LogP contribution >= 0.6 is 27.5 Å². The van der Waals surface area contributed by atoms with E-state index >= 15 is 0 Å². The fourth-order valence-electron chi connectivity index (χ4n) is 1.33.